The highest BCUT2D eigenvalue weighted by molar-refractivity contribution is 5.89. The van der Waals surface area contributed by atoms with Crippen molar-refractivity contribution in [1.29, 1.82) is 0 Å². The van der Waals surface area contributed by atoms with Crippen molar-refractivity contribution in [2.75, 3.05) is 0 Å². The quantitative estimate of drug-likeness (QED) is 0.560. The Morgan fingerprint density at radius 3 is 2.50 bits per heavy atom. The van der Waals surface area contributed by atoms with Gasteiger partial charge in [0.15, 0.2) is 0 Å². The third-order valence-corrected chi connectivity index (χ3v) is 3.10. The second kappa shape index (κ2) is 4.60. The molecule has 1 fully saturated rings. The normalized spacial score (nSPS) is 18.6. The Bertz CT molecular complexity index is 350. The van der Waals surface area contributed by atoms with Crippen LogP contribution in [0.15, 0.2) is 30.3 Å². The number of hydrogen-bond acceptors (Lipinski definition) is 2. The topological polar surface area (TPSA) is 26.3 Å². The largest absolute Gasteiger partial charge is 0.455 e. The summed E-state index contributed by atoms with van der Waals surface area (Å²) in [5.74, 6) is -0.204. The van der Waals surface area contributed by atoms with Crippen LogP contribution >= 0.6 is 0 Å². The first-order chi connectivity index (χ1) is 7.70. The molecular weight excluding hydrogens is 200 g/mol. The zero-order valence-electron chi connectivity index (χ0n) is 9.61. The highest BCUT2D eigenvalue weighted by Crippen LogP contribution is 2.31. The number of rotatable bonds is 2. The summed E-state index contributed by atoms with van der Waals surface area (Å²) >= 11 is 0. The molecule has 0 radical (unpaired) electrons. The van der Waals surface area contributed by atoms with Crippen molar-refractivity contribution in [2.24, 2.45) is 0 Å². The third-order valence-electron chi connectivity index (χ3n) is 3.10. The molecule has 0 atom stereocenters. The van der Waals surface area contributed by atoms with Gasteiger partial charge in [-0.05, 0) is 19.1 Å². The molecule has 1 aromatic carbocycles. The van der Waals surface area contributed by atoms with Crippen LogP contribution in [0.1, 0.15) is 43.0 Å². The van der Waals surface area contributed by atoms with Crippen LogP contribution in [0.25, 0.3) is 0 Å². The van der Waals surface area contributed by atoms with Crippen LogP contribution in [0.2, 0.25) is 0 Å². The predicted octanol–water partition coefficient (Wildman–Crippen LogP) is 3.38. The predicted molar refractivity (Wildman–Crippen MR) is 63.0 cm³/mol. The number of ether oxygens (including phenoxy) is 1. The van der Waals surface area contributed by atoms with Crippen LogP contribution in [0.5, 0.6) is 0 Å². The van der Waals surface area contributed by atoms with E-state index >= 15 is 0 Å². The summed E-state index contributed by atoms with van der Waals surface area (Å²) in [7, 11) is 0. The number of benzene rings is 1. The lowest BCUT2D eigenvalue weighted by molar-refractivity contribution is -0.0224. The Labute approximate surface area is 96.6 Å². The van der Waals surface area contributed by atoms with Gasteiger partial charge in [0.25, 0.3) is 0 Å². The Kier molecular flexibility index (Phi) is 3.18. The monoisotopic (exact) mass is 217 g/mol. The van der Waals surface area contributed by atoms with Crippen molar-refractivity contribution in [3.8, 4) is 0 Å². The van der Waals surface area contributed by atoms with Gasteiger partial charge < -0.3 is 4.74 Å². The van der Waals surface area contributed by atoms with Gasteiger partial charge in [0.05, 0.1) is 24.8 Å². The van der Waals surface area contributed by atoms with Gasteiger partial charge in [-0.15, -0.1) is 0 Å². The zero-order chi connectivity index (χ0) is 11.4. The molecule has 16 heavy (non-hydrogen) atoms. The zero-order valence-corrected chi connectivity index (χ0v) is 9.61. The maximum absolute atomic E-state index is 11.9. The van der Waals surface area contributed by atoms with Crippen molar-refractivity contribution in [1.82, 2.24) is 0 Å². The molecule has 0 bridgehead atoms. The van der Waals surface area contributed by atoms with E-state index in [-0.39, 0.29) is 11.6 Å². The lowest BCUT2D eigenvalue weighted by Gasteiger charge is -2.30. The molecule has 1 aromatic rings. The first-order valence-corrected chi connectivity index (χ1v) is 5.80. The molecule has 0 spiro atoms. The van der Waals surface area contributed by atoms with Gasteiger partial charge in [-0.2, -0.15) is 0 Å². The third kappa shape index (κ3) is 2.57. The van der Waals surface area contributed by atoms with E-state index in [9.17, 15) is 4.79 Å². The summed E-state index contributed by atoms with van der Waals surface area (Å²) < 4.78 is 5.61. The van der Waals surface area contributed by atoms with Crippen LogP contribution in [-0.4, -0.2) is 11.6 Å². The molecule has 2 nitrogen and oxygen atoms in total. The summed E-state index contributed by atoms with van der Waals surface area (Å²) in [5, 5.41) is 0. The Balaban J connectivity index is 2.01. The fraction of sp³-hybridized carbons (Fsp3) is 0.429. The molecule has 1 aliphatic carbocycles. The van der Waals surface area contributed by atoms with E-state index in [0.29, 0.717) is 5.56 Å². The van der Waals surface area contributed by atoms with Crippen molar-refractivity contribution in [3.63, 3.8) is 0 Å². The van der Waals surface area contributed by atoms with Crippen molar-refractivity contribution in [3.05, 3.63) is 42.3 Å². The highest BCUT2D eigenvalue weighted by Gasteiger charge is 2.34. The van der Waals surface area contributed by atoms with Crippen LogP contribution in [0.3, 0.4) is 0 Å². The molecule has 1 saturated carbocycles. The molecule has 84 valence electrons. The molecule has 0 amide bonds. The van der Waals surface area contributed by atoms with Crippen LogP contribution < -0.4 is 0 Å². The molecule has 0 aromatic heterocycles. The van der Waals surface area contributed by atoms with Gasteiger partial charge in [0.2, 0.25) is 0 Å². The van der Waals surface area contributed by atoms with Crippen LogP contribution in [0, 0.1) is 6.42 Å². The molecule has 1 aliphatic rings. The van der Waals surface area contributed by atoms with Gasteiger partial charge in [-0.1, -0.05) is 18.2 Å². The standard InChI is InChI=1S/C14H17O2/c1-14(10-6-3-7-11-14)16-13(15)12-8-4-2-5-9-12/h2-5,8-9H,6-7,10-11H2,1H3/q+1. The number of hydrogen-bond donors (Lipinski definition) is 0. The Morgan fingerprint density at radius 1 is 1.25 bits per heavy atom. The van der Waals surface area contributed by atoms with E-state index in [1.807, 2.05) is 25.1 Å². The van der Waals surface area contributed by atoms with Gasteiger partial charge in [0.1, 0.15) is 5.60 Å². The second-order valence-corrected chi connectivity index (χ2v) is 4.57. The lowest BCUT2D eigenvalue weighted by Crippen LogP contribution is -2.34. The van der Waals surface area contributed by atoms with E-state index in [2.05, 4.69) is 6.42 Å². The summed E-state index contributed by atoms with van der Waals surface area (Å²) in [5.41, 5.74) is 0.361. The first-order valence-electron chi connectivity index (χ1n) is 5.80. The van der Waals surface area contributed by atoms with Gasteiger partial charge in [-0.3, -0.25) is 0 Å². The van der Waals surface area contributed by atoms with Gasteiger partial charge in [-0.25, -0.2) is 4.79 Å². The minimum Gasteiger partial charge on any atom is -0.455 e. The van der Waals surface area contributed by atoms with Gasteiger partial charge in [0, 0.05) is 12.8 Å². The SMILES string of the molecule is CC1(OC(=O)c2ccccc2)CC[CH+]CC1. The van der Waals surface area contributed by atoms with E-state index in [4.69, 9.17) is 4.74 Å². The molecule has 0 saturated heterocycles. The molecule has 0 aliphatic heterocycles. The average molecular weight is 217 g/mol. The van der Waals surface area contributed by atoms with Crippen molar-refractivity contribution in [2.45, 2.75) is 38.2 Å². The lowest BCUT2D eigenvalue weighted by atomic mass is 9.86. The minimum atomic E-state index is -0.276. The molecule has 0 unspecified atom stereocenters. The summed E-state index contributed by atoms with van der Waals surface area (Å²) in [4.78, 5) is 11.9. The van der Waals surface area contributed by atoms with Gasteiger partial charge >= 0.3 is 5.97 Å². The fourth-order valence-corrected chi connectivity index (χ4v) is 2.04. The van der Waals surface area contributed by atoms with Crippen molar-refractivity contribution < 1.29 is 9.53 Å². The molecule has 0 heterocycles. The maximum Gasteiger partial charge on any atom is 0.338 e. The average Bonchev–Trinajstić information content (AvgIpc) is 2.30. The van der Waals surface area contributed by atoms with Crippen LogP contribution in [0.4, 0.5) is 0 Å². The number of esters is 1. The molecule has 0 N–H and O–H groups in total. The second-order valence-electron chi connectivity index (χ2n) is 4.57. The van der Waals surface area contributed by atoms with E-state index in [1.165, 1.54) is 0 Å². The fourth-order valence-electron chi connectivity index (χ4n) is 2.04. The highest BCUT2D eigenvalue weighted by atomic mass is 16.6. The molecule has 2 heteroatoms. The smallest absolute Gasteiger partial charge is 0.338 e. The number of carbonyl (C=O) groups is 1. The van der Waals surface area contributed by atoms with Crippen LogP contribution in [-0.2, 0) is 4.74 Å². The minimum absolute atomic E-state index is 0.204. The maximum atomic E-state index is 11.9. The summed E-state index contributed by atoms with van der Waals surface area (Å²) in [6.45, 7) is 2.03. The van der Waals surface area contributed by atoms with E-state index in [1.54, 1.807) is 12.1 Å². The molecular formula is C14H17O2+. The van der Waals surface area contributed by atoms with Crippen molar-refractivity contribution >= 4 is 5.97 Å². The Morgan fingerprint density at radius 2 is 1.88 bits per heavy atom. The van der Waals surface area contributed by atoms with E-state index in [0.717, 1.165) is 25.7 Å². The van der Waals surface area contributed by atoms with E-state index < -0.39 is 0 Å². The summed E-state index contributed by atoms with van der Waals surface area (Å²) in [6, 6.07) is 9.19. The summed E-state index contributed by atoms with van der Waals surface area (Å²) in [6.07, 6.45) is 6.21. The number of carbonyl (C=O) groups excluding carboxylic acids is 1. The first kappa shape index (κ1) is 11.1. The Hall–Kier alpha value is -1.44. The molecule has 2 rings (SSSR count).